The molecular formula is C12H11FN2O3. The molecule has 1 unspecified atom stereocenters. The lowest BCUT2D eigenvalue weighted by molar-refractivity contribution is -0.131. The average Bonchev–Trinajstić information content (AvgIpc) is 2.32. The van der Waals surface area contributed by atoms with Gasteiger partial charge in [-0.15, -0.1) is 0 Å². The van der Waals surface area contributed by atoms with Crippen LogP contribution < -0.4 is 5.32 Å². The van der Waals surface area contributed by atoms with Gasteiger partial charge in [0, 0.05) is 18.7 Å². The molecule has 5 nitrogen and oxygen atoms in total. The van der Waals surface area contributed by atoms with Crippen molar-refractivity contribution in [1.29, 1.82) is 0 Å². The molecule has 18 heavy (non-hydrogen) atoms. The third-order valence-corrected chi connectivity index (χ3v) is 2.73. The molecule has 0 aliphatic heterocycles. The van der Waals surface area contributed by atoms with Crippen molar-refractivity contribution in [2.24, 2.45) is 0 Å². The minimum absolute atomic E-state index is 0.0836. The van der Waals surface area contributed by atoms with E-state index in [1.807, 2.05) is 0 Å². The second kappa shape index (κ2) is 5.03. The molecule has 6 heteroatoms. The van der Waals surface area contributed by atoms with Gasteiger partial charge in [0.15, 0.2) is 5.78 Å². The van der Waals surface area contributed by atoms with Gasteiger partial charge in [0.05, 0.1) is 12.5 Å². The molecule has 1 aliphatic rings. The summed E-state index contributed by atoms with van der Waals surface area (Å²) in [6, 6.07) is 1.44. The summed E-state index contributed by atoms with van der Waals surface area (Å²) in [6.07, 6.45) is 1.59. The van der Waals surface area contributed by atoms with Crippen molar-refractivity contribution in [2.75, 3.05) is 0 Å². The second-order valence-electron chi connectivity index (χ2n) is 4.11. The van der Waals surface area contributed by atoms with Gasteiger partial charge < -0.3 is 5.32 Å². The Morgan fingerprint density at radius 3 is 2.89 bits per heavy atom. The van der Waals surface area contributed by atoms with Crippen LogP contribution in [0.15, 0.2) is 18.3 Å². The lowest BCUT2D eigenvalue weighted by Crippen LogP contribution is -2.44. The summed E-state index contributed by atoms with van der Waals surface area (Å²) in [4.78, 5) is 38.0. The highest BCUT2D eigenvalue weighted by Gasteiger charge is 2.28. The fourth-order valence-corrected chi connectivity index (χ4v) is 1.79. The molecule has 1 amide bonds. The predicted molar refractivity (Wildman–Crippen MR) is 59.3 cm³/mol. The van der Waals surface area contributed by atoms with Crippen LogP contribution in [0.25, 0.3) is 0 Å². The summed E-state index contributed by atoms with van der Waals surface area (Å²) < 4.78 is 12.9. The van der Waals surface area contributed by atoms with E-state index in [4.69, 9.17) is 0 Å². The van der Waals surface area contributed by atoms with E-state index in [2.05, 4.69) is 10.3 Å². The zero-order chi connectivity index (χ0) is 13.1. The highest BCUT2D eigenvalue weighted by molar-refractivity contribution is 6.06. The van der Waals surface area contributed by atoms with Crippen LogP contribution in [0, 0.1) is 5.82 Å². The highest BCUT2D eigenvalue weighted by Crippen LogP contribution is 2.12. The van der Waals surface area contributed by atoms with E-state index < -0.39 is 17.8 Å². The number of nitrogens with zero attached hydrogens (tertiary/aromatic N) is 1. The second-order valence-corrected chi connectivity index (χ2v) is 4.11. The molecule has 1 fully saturated rings. The standard InChI is InChI=1S/C12H11FN2O3/c13-7-3-4-14-10(5-7)12(18)15-9-2-1-8(16)6-11(9)17/h3-5,9H,1-2,6H2,(H,15,18). The molecule has 1 atom stereocenters. The Morgan fingerprint density at radius 1 is 1.44 bits per heavy atom. The summed E-state index contributed by atoms with van der Waals surface area (Å²) in [5.41, 5.74) is -0.0836. The van der Waals surface area contributed by atoms with Crippen LogP contribution in [-0.4, -0.2) is 28.5 Å². The number of hydrogen-bond acceptors (Lipinski definition) is 4. The van der Waals surface area contributed by atoms with E-state index >= 15 is 0 Å². The molecule has 1 saturated carbocycles. The quantitative estimate of drug-likeness (QED) is 0.781. The Bertz CT molecular complexity index is 516. The number of pyridine rings is 1. The maximum absolute atomic E-state index is 12.9. The van der Waals surface area contributed by atoms with Crippen molar-refractivity contribution < 1.29 is 18.8 Å². The van der Waals surface area contributed by atoms with E-state index in [1.165, 1.54) is 6.20 Å². The fourth-order valence-electron chi connectivity index (χ4n) is 1.79. The van der Waals surface area contributed by atoms with E-state index in [9.17, 15) is 18.8 Å². The van der Waals surface area contributed by atoms with Crippen LogP contribution in [0.4, 0.5) is 4.39 Å². The van der Waals surface area contributed by atoms with Gasteiger partial charge in [-0.05, 0) is 12.5 Å². The van der Waals surface area contributed by atoms with Crippen molar-refractivity contribution in [3.05, 3.63) is 29.8 Å². The lowest BCUT2D eigenvalue weighted by Gasteiger charge is -2.20. The normalized spacial score (nSPS) is 19.7. The third-order valence-electron chi connectivity index (χ3n) is 2.73. The van der Waals surface area contributed by atoms with Crippen molar-refractivity contribution >= 4 is 17.5 Å². The summed E-state index contributed by atoms with van der Waals surface area (Å²) in [6.45, 7) is 0. The third kappa shape index (κ3) is 2.77. The SMILES string of the molecule is O=C1CCC(NC(=O)c2cc(F)ccn2)C(=O)C1. The Balaban J connectivity index is 2.03. The number of rotatable bonds is 2. The Labute approximate surface area is 102 Å². The molecule has 0 spiro atoms. The average molecular weight is 250 g/mol. The fraction of sp³-hybridized carbons (Fsp3) is 0.333. The molecular weight excluding hydrogens is 239 g/mol. The van der Waals surface area contributed by atoms with Gasteiger partial charge in [-0.2, -0.15) is 0 Å². The molecule has 1 N–H and O–H groups in total. The maximum Gasteiger partial charge on any atom is 0.270 e. The van der Waals surface area contributed by atoms with Gasteiger partial charge in [-0.3, -0.25) is 19.4 Å². The number of Topliss-reactive ketones (excluding diaryl/α,β-unsaturated/α-hetero) is 2. The first-order valence-electron chi connectivity index (χ1n) is 5.53. The predicted octanol–water partition coefficient (Wildman–Crippen LogP) is 0.641. The van der Waals surface area contributed by atoms with Gasteiger partial charge >= 0.3 is 0 Å². The molecule has 1 aromatic rings. The molecule has 0 saturated heterocycles. The minimum atomic E-state index is -0.680. The van der Waals surface area contributed by atoms with Gasteiger partial charge in [0.2, 0.25) is 0 Å². The number of nitrogens with one attached hydrogen (secondary N) is 1. The molecule has 1 aliphatic carbocycles. The van der Waals surface area contributed by atoms with Crippen LogP contribution in [0.1, 0.15) is 29.8 Å². The van der Waals surface area contributed by atoms with E-state index in [0.717, 1.165) is 12.1 Å². The monoisotopic (exact) mass is 250 g/mol. The van der Waals surface area contributed by atoms with E-state index in [-0.39, 0.29) is 30.1 Å². The minimum Gasteiger partial charge on any atom is -0.341 e. The van der Waals surface area contributed by atoms with E-state index in [1.54, 1.807) is 0 Å². The number of halogens is 1. The first-order chi connectivity index (χ1) is 8.56. The van der Waals surface area contributed by atoms with Gasteiger partial charge in [-0.1, -0.05) is 0 Å². The number of carbonyl (C=O) groups is 3. The number of aromatic nitrogens is 1. The number of ketones is 2. The molecule has 94 valence electrons. The van der Waals surface area contributed by atoms with Gasteiger partial charge in [0.25, 0.3) is 5.91 Å². The Hall–Kier alpha value is -2.11. The zero-order valence-electron chi connectivity index (χ0n) is 9.48. The van der Waals surface area contributed by atoms with Crippen molar-refractivity contribution in [3.8, 4) is 0 Å². The lowest BCUT2D eigenvalue weighted by atomic mass is 9.93. The summed E-state index contributed by atoms with van der Waals surface area (Å²) in [5, 5.41) is 2.46. The van der Waals surface area contributed by atoms with Crippen LogP contribution >= 0.6 is 0 Å². The van der Waals surface area contributed by atoms with Crippen LogP contribution in [0.5, 0.6) is 0 Å². The number of carbonyl (C=O) groups excluding carboxylic acids is 3. The molecule has 2 rings (SSSR count). The molecule has 1 aromatic heterocycles. The first kappa shape index (κ1) is 12.3. The van der Waals surface area contributed by atoms with Crippen LogP contribution in [-0.2, 0) is 9.59 Å². The summed E-state index contributed by atoms with van der Waals surface area (Å²) >= 11 is 0. The van der Waals surface area contributed by atoms with Crippen LogP contribution in [0.2, 0.25) is 0 Å². The largest absolute Gasteiger partial charge is 0.341 e. The van der Waals surface area contributed by atoms with Crippen molar-refractivity contribution in [1.82, 2.24) is 10.3 Å². The molecule has 1 heterocycles. The smallest absolute Gasteiger partial charge is 0.270 e. The Morgan fingerprint density at radius 2 is 2.22 bits per heavy atom. The number of amides is 1. The van der Waals surface area contributed by atoms with Gasteiger partial charge in [-0.25, -0.2) is 4.39 Å². The zero-order valence-corrected chi connectivity index (χ0v) is 9.48. The summed E-state index contributed by atoms with van der Waals surface area (Å²) in [5.74, 6) is -1.60. The van der Waals surface area contributed by atoms with E-state index in [0.29, 0.717) is 6.42 Å². The molecule has 0 bridgehead atoms. The van der Waals surface area contributed by atoms with Crippen molar-refractivity contribution in [2.45, 2.75) is 25.3 Å². The molecule has 0 radical (unpaired) electrons. The Kier molecular flexibility index (Phi) is 3.45. The number of hydrogen-bond donors (Lipinski definition) is 1. The van der Waals surface area contributed by atoms with Crippen LogP contribution in [0.3, 0.4) is 0 Å². The maximum atomic E-state index is 12.9. The summed E-state index contributed by atoms with van der Waals surface area (Å²) in [7, 11) is 0. The first-order valence-corrected chi connectivity index (χ1v) is 5.53. The highest BCUT2D eigenvalue weighted by atomic mass is 19.1. The van der Waals surface area contributed by atoms with Crippen molar-refractivity contribution in [3.63, 3.8) is 0 Å². The topological polar surface area (TPSA) is 76.1 Å². The van der Waals surface area contributed by atoms with Gasteiger partial charge in [0.1, 0.15) is 17.3 Å². The molecule has 0 aromatic carbocycles.